The first-order valence-electron chi connectivity index (χ1n) is 9.63. The van der Waals surface area contributed by atoms with Crippen LogP contribution in [0.2, 0.25) is 0 Å². The van der Waals surface area contributed by atoms with Crippen molar-refractivity contribution in [3.05, 3.63) is 18.2 Å². The predicted octanol–water partition coefficient (Wildman–Crippen LogP) is 2.61. The molecule has 7 heteroatoms. The highest BCUT2D eigenvalue weighted by atomic mass is 16.5. The predicted molar refractivity (Wildman–Crippen MR) is 101 cm³/mol. The number of aliphatic carboxylic acids is 1. The molecule has 7 nitrogen and oxygen atoms in total. The number of benzene rings is 1. The van der Waals surface area contributed by atoms with Crippen molar-refractivity contribution in [2.24, 2.45) is 11.3 Å². The van der Waals surface area contributed by atoms with Gasteiger partial charge in [0.05, 0.1) is 25.2 Å². The molecule has 148 valence electrons. The number of amides is 1. The molecule has 1 aliphatic heterocycles. The Morgan fingerprint density at radius 3 is 2.67 bits per heavy atom. The third-order valence-electron chi connectivity index (χ3n) is 5.56. The van der Waals surface area contributed by atoms with Crippen molar-refractivity contribution < 1.29 is 24.2 Å². The van der Waals surface area contributed by atoms with E-state index in [1.54, 1.807) is 18.2 Å². The third kappa shape index (κ3) is 4.03. The number of likely N-dealkylation sites (tertiary alicyclic amines) is 1. The van der Waals surface area contributed by atoms with E-state index in [4.69, 9.17) is 9.47 Å². The minimum atomic E-state index is -0.722. The Labute approximate surface area is 159 Å². The molecule has 0 bridgehead atoms. The largest absolute Gasteiger partial charge is 0.490 e. The first-order chi connectivity index (χ1) is 13.0. The summed E-state index contributed by atoms with van der Waals surface area (Å²) < 4.78 is 11.1. The highest BCUT2D eigenvalue weighted by molar-refractivity contribution is 5.92. The van der Waals surface area contributed by atoms with E-state index < -0.39 is 11.4 Å². The second-order valence-corrected chi connectivity index (χ2v) is 7.30. The number of nitrogens with zero attached hydrogens (tertiary/aromatic N) is 1. The van der Waals surface area contributed by atoms with Gasteiger partial charge in [-0.3, -0.25) is 14.5 Å². The van der Waals surface area contributed by atoms with E-state index in [1.165, 1.54) is 0 Å². The zero-order chi connectivity index (χ0) is 19.4. The smallest absolute Gasteiger partial charge is 0.311 e. The number of hydrogen-bond donors (Lipinski definition) is 2. The summed E-state index contributed by atoms with van der Waals surface area (Å²) in [4.78, 5) is 26.2. The summed E-state index contributed by atoms with van der Waals surface area (Å²) in [6.07, 6.45) is 2.60. The maximum atomic E-state index is 12.5. The zero-order valence-electron chi connectivity index (χ0n) is 16.0. The van der Waals surface area contributed by atoms with Gasteiger partial charge in [-0.05, 0) is 44.7 Å². The summed E-state index contributed by atoms with van der Waals surface area (Å²) in [5.41, 5.74) is -0.0269. The normalized spacial score (nSPS) is 24.4. The molecule has 1 heterocycles. The molecule has 1 amide bonds. The monoisotopic (exact) mass is 376 g/mol. The maximum absolute atomic E-state index is 12.5. The van der Waals surface area contributed by atoms with Crippen LogP contribution in [-0.4, -0.2) is 54.7 Å². The summed E-state index contributed by atoms with van der Waals surface area (Å²) in [6.45, 7) is 6.16. The molecule has 0 aromatic heterocycles. The molecule has 2 atom stereocenters. The number of fused-ring (bicyclic) bond motifs is 1. The van der Waals surface area contributed by atoms with Crippen molar-refractivity contribution >= 4 is 17.6 Å². The molecule has 2 N–H and O–H groups in total. The molecule has 3 rings (SSSR count). The van der Waals surface area contributed by atoms with Gasteiger partial charge < -0.3 is 19.9 Å². The van der Waals surface area contributed by atoms with Gasteiger partial charge in [-0.2, -0.15) is 0 Å². The van der Waals surface area contributed by atoms with Gasteiger partial charge in [0.15, 0.2) is 11.5 Å². The van der Waals surface area contributed by atoms with E-state index in [-0.39, 0.29) is 18.4 Å². The van der Waals surface area contributed by atoms with Gasteiger partial charge in [-0.15, -0.1) is 0 Å². The summed E-state index contributed by atoms with van der Waals surface area (Å²) in [5, 5.41) is 12.5. The fourth-order valence-corrected chi connectivity index (χ4v) is 4.40. The average Bonchev–Trinajstić information content (AvgIpc) is 3.15. The number of hydrogen-bond acceptors (Lipinski definition) is 5. The van der Waals surface area contributed by atoms with Crippen LogP contribution in [0.4, 0.5) is 5.69 Å². The van der Waals surface area contributed by atoms with Crippen LogP contribution in [-0.2, 0) is 9.59 Å². The average molecular weight is 376 g/mol. The third-order valence-corrected chi connectivity index (χ3v) is 5.56. The van der Waals surface area contributed by atoms with Gasteiger partial charge >= 0.3 is 5.97 Å². The molecule has 0 unspecified atom stereocenters. The molecule has 1 aliphatic carbocycles. The Kier molecular flexibility index (Phi) is 5.89. The molecular formula is C20H28N2O5. The van der Waals surface area contributed by atoms with Crippen molar-refractivity contribution in [2.75, 3.05) is 38.2 Å². The molecular weight excluding hydrogens is 348 g/mol. The number of carbonyl (C=O) groups is 2. The summed E-state index contributed by atoms with van der Waals surface area (Å²) in [7, 11) is 0. The minimum absolute atomic E-state index is 0.151. The lowest BCUT2D eigenvalue weighted by Gasteiger charge is -2.23. The first kappa shape index (κ1) is 19.5. The molecule has 0 radical (unpaired) electrons. The summed E-state index contributed by atoms with van der Waals surface area (Å²) in [5.74, 6) is 0.520. The molecule has 1 aromatic rings. The number of nitrogens with one attached hydrogen (secondary N) is 1. The number of ether oxygens (including phenoxy) is 2. The molecule has 1 aromatic carbocycles. The fourth-order valence-electron chi connectivity index (χ4n) is 4.40. The minimum Gasteiger partial charge on any atom is -0.490 e. The Morgan fingerprint density at radius 1 is 1.26 bits per heavy atom. The van der Waals surface area contributed by atoms with E-state index in [0.29, 0.717) is 49.9 Å². The highest BCUT2D eigenvalue weighted by Gasteiger charge is 2.54. The zero-order valence-corrected chi connectivity index (χ0v) is 16.0. The van der Waals surface area contributed by atoms with Gasteiger partial charge in [0.2, 0.25) is 5.91 Å². The Balaban J connectivity index is 1.61. The van der Waals surface area contributed by atoms with Crippen molar-refractivity contribution in [3.63, 3.8) is 0 Å². The van der Waals surface area contributed by atoms with E-state index in [0.717, 1.165) is 12.8 Å². The summed E-state index contributed by atoms with van der Waals surface area (Å²) in [6, 6.07) is 5.32. The van der Waals surface area contributed by atoms with Crippen molar-refractivity contribution in [1.29, 1.82) is 0 Å². The van der Waals surface area contributed by atoms with Crippen LogP contribution in [0.5, 0.6) is 11.5 Å². The maximum Gasteiger partial charge on any atom is 0.311 e. The molecule has 1 saturated carbocycles. The van der Waals surface area contributed by atoms with Crippen LogP contribution in [0.15, 0.2) is 18.2 Å². The van der Waals surface area contributed by atoms with Crippen LogP contribution in [0.25, 0.3) is 0 Å². The number of carboxylic acids is 1. The van der Waals surface area contributed by atoms with E-state index in [2.05, 4.69) is 5.32 Å². The molecule has 2 fully saturated rings. The van der Waals surface area contributed by atoms with E-state index in [1.807, 2.05) is 18.7 Å². The second-order valence-electron chi connectivity index (χ2n) is 7.30. The Bertz CT molecular complexity index is 708. The van der Waals surface area contributed by atoms with Crippen molar-refractivity contribution in [3.8, 4) is 11.5 Å². The van der Waals surface area contributed by atoms with Crippen LogP contribution in [0, 0.1) is 11.3 Å². The van der Waals surface area contributed by atoms with Crippen LogP contribution >= 0.6 is 0 Å². The first-order valence-corrected chi connectivity index (χ1v) is 9.63. The topological polar surface area (TPSA) is 88.1 Å². The van der Waals surface area contributed by atoms with E-state index >= 15 is 0 Å². The number of carboxylic acid groups (broad SMARTS) is 1. The highest BCUT2D eigenvalue weighted by Crippen LogP contribution is 2.48. The lowest BCUT2D eigenvalue weighted by atomic mass is 9.81. The van der Waals surface area contributed by atoms with Gasteiger partial charge in [0.25, 0.3) is 0 Å². The van der Waals surface area contributed by atoms with Gasteiger partial charge in [-0.25, -0.2) is 0 Å². The van der Waals surface area contributed by atoms with Gasteiger partial charge in [0, 0.05) is 24.8 Å². The lowest BCUT2D eigenvalue weighted by Crippen LogP contribution is -2.37. The standard InChI is InChI=1S/C20H28N2O5/c1-3-26-16-8-7-15(10-17(16)27-4-2)21-18(23)12-22-11-14-6-5-9-20(14,13-22)19(24)25/h7-8,10,14H,3-6,9,11-13H2,1-2H3,(H,21,23)(H,24,25)/t14-,20+/m0/s1. The van der Waals surface area contributed by atoms with Crippen LogP contribution in [0.1, 0.15) is 33.1 Å². The number of carbonyl (C=O) groups excluding carboxylic acids is 1. The molecule has 0 spiro atoms. The summed E-state index contributed by atoms with van der Waals surface area (Å²) >= 11 is 0. The molecule has 1 saturated heterocycles. The second kappa shape index (κ2) is 8.17. The van der Waals surface area contributed by atoms with Crippen molar-refractivity contribution in [2.45, 2.75) is 33.1 Å². The van der Waals surface area contributed by atoms with Crippen molar-refractivity contribution in [1.82, 2.24) is 4.90 Å². The lowest BCUT2D eigenvalue weighted by molar-refractivity contribution is -0.149. The number of rotatable bonds is 8. The quantitative estimate of drug-likeness (QED) is 0.725. The van der Waals surface area contributed by atoms with Gasteiger partial charge in [-0.1, -0.05) is 6.42 Å². The van der Waals surface area contributed by atoms with Crippen LogP contribution in [0.3, 0.4) is 0 Å². The SMILES string of the molecule is CCOc1ccc(NC(=O)CN2C[C@@H]3CCC[C@@]3(C(=O)O)C2)cc1OCC. The van der Waals surface area contributed by atoms with Gasteiger partial charge in [0.1, 0.15) is 0 Å². The fraction of sp³-hybridized carbons (Fsp3) is 0.600. The number of anilines is 1. The van der Waals surface area contributed by atoms with Crippen LogP contribution < -0.4 is 14.8 Å². The molecule has 2 aliphatic rings. The molecule has 27 heavy (non-hydrogen) atoms. The Hall–Kier alpha value is -2.28. The van der Waals surface area contributed by atoms with E-state index in [9.17, 15) is 14.7 Å². The Morgan fingerprint density at radius 2 is 2.00 bits per heavy atom.